The van der Waals surface area contributed by atoms with Crippen LogP contribution in [0.2, 0.25) is 0 Å². The zero-order valence-corrected chi connectivity index (χ0v) is 9.73. The van der Waals surface area contributed by atoms with Gasteiger partial charge in [-0.1, -0.05) is 0 Å². The van der Waals surface area contributed by atoms with Crippen molar-refractivity contribution in [1.82, 2.24) is 9.80 Å². The van der Waals surface area contributed by atoms with Crippen LogP contribution >= 0.6 is 0 Å². The summed E-state index contributed by atoms with van der Waals surface area (Å²) in [5, 5.41) is 0. The van der Waals surface area contributed by atoms with Gasteiger partial charge >= 0.3 is 0 Å². The van der Waals surface area contributed by atoms with Crippen molar-refractivity contribution in [3.63, 3.8) is 0 Å². The monoisotopic (exact) mass is 227 g/mol. The first-order chi connectivity index (χ1) is 7.77. The molecule has 16 heavy (non-hydrogen) atoms. The topological polar surface area (TPSA) is 58.8 Å². The lowest BCUT2D eigenvalue weighted by Crippen LogP contribution is -2.51. The van der Waals surface area contributed by atoms with Crippen LogP contribution in [0.1, 0.15) is 12.8 Å². The Kier molecular flexibility index (Phi) is 4.15. The molecule has 0 aromatic rings. The van der Waals surface area contributed by atoms with E-state index in [1.54, 1.807) is 0 Å². The normalized spacial score (nSPS) is 28.4. The van der Waals surface area contributed by atoms with E-state index in [2.05, 4.69) is 4.90 Å². The molecule has 1 amide bonds. The summed E-state index contributed by atoms with van der Waals surface area (Å²) in [6, 6.07) is -0.265. The summed E-state index contributed by atoms with van der Waals surface area (Å²) in [7, 11) is 0. The molecule has 0 aromatic carbocycles. The van der Waals surface area contributed by atoms with E-state index in [-0.39, 0.29) is 11.9 Å². The number of ether oxygens (including phenoxy) is 1. The fourth-order valence-electron chi connectivity index (χ4n) is 2.28. The van der Waals surface area contributed by atoms with E-state index >= 15 is 0 Å². The molecule has 0 aromatic heterocycles. The predicted octanol–water partition coefficient (Wildman–Crippen LogP) is -0.732. The van der Waals surface area contributed by atoms with Crippen LogP contribution in [0.25, 0.3) is 0 Å². The Balaban J connectivity index is 1.73. The van der Waals surface area contributed by atoms with Gasteiger partial charge in [0.2, 0.25) is 5.91 Å². The van der Waals surface area contributed by atoms with Crippen molar-refractivity contribution in [1.29, 1.82) is 0 Å². The van der Waals surface area contributed by atoms with Crippen molar-refractivity contribution in [2.24, 2.45) is 5.73 Å². The van der Waals surface area contributed by atoms with Crippen LogP contribution in [0, 0.1) is 0 Å². The van der Waals surface area contributed by atoms with Crippen molar-refractivity contribution in [3.05, 3.63) is 0 Å². The van der Waals surface area contributed by atoms with Crippen molar-refractivity contribution >= 4 is 5.91 Å². The van der Waals surface area contributed by atoms with E-state index in [4.69, 9.17) is 10.5 Å². The van der Waals surface area contributed by atoms with Crippen LogP contribution in [0.4, 0.5) is 0 Å². The summed E-state index contributed by atoms with van der Waals surface area (Å²) < 4.78 is 5.29. The molecule has 5 heteroatoms. The summed E-state index contributed by atoms with van der Waals surface area (Å²) in [6.45, 7) is 6.22. The van der Waals surface area contributed by atoms with Gasteiger partial charge in [0.1, 0.15) is 0 Å². The second-order valence-electron chi connectivity index (χ2n) is 4.53. The maximum absolute atomic E-state index is 11.8. The Morgan fingerprint density at radius 1 is 1.25 bits per heavy atom. The third-order valence-corrected chi connectivity index (χ3v) is 3.36. The van der Waals surface area contributed by atoms with E-state index in [0.29, 0.717) is 0 Å². The predicted molar refractivity (Wildman–Crippen MR) is 61.0 cm³/mol. The minimum Gasteiger partial charge on any atom is -0.379 e. The molecule has 2 heterocycles. The zero-order chi connectivity index (χ0) is 11.4. The number of morpholine rings is 1. The fraction of sp³-hybridized carbons (Fsp3) is 0.909. The Morgan fingerprint density at radius 3 is 2.75 bits per heavy atom. The largest absolute Gasteiger partial charge is 0.379 e. The SMILES string of the molecule is NC1CCCN(CCN2CCOCC2)C1=O. The number of likely N-dealkylation sites (tertiary alicyclic amines) is 1. The molecule has 2 aliphatic rings. The highest BCUT2D eigenvalue weighted by Gasteiger charge is 2.25. The number of hydrogen-bond donors (Lipinski definition) is 1. The standard InChI is InChI=1S/C11H21N3O2/c12-10-2-1-3-14(11(10)15)5-4-13-6-8-16-9-7-13/h10H,1-9,12H2. The Morgan fingerprint density at radius 2 is 2.00 bits per heavy atom. The average molecular weight is 227 g/mol. The molecule has 2 aliphatic heterocycles. The lowest BCUT2D eigenvalue weighted by Gasteiger charge is -2.33. The number of hydrogen-bond acceptors (Lipinski definition) is 4. The van der Waals surface area contributed by atoms with Gasteiger partial charge in [0.15, 0.2) is 0 Å². The molecule has 0 radical (unpaired) electrons. The molecular weight excluding hydrogens is 206 g/mol. The van der Waals surface area contributed by atoms with Gasteiger partial charge in [-0.25, -0.2) is 0 Å². The van der Waals surface area contributed by atoms with Crippen molar-refractivity contribution in [3.8, 4) is 0 Å². The van der Waals surface area contributed by atoms with Crippen LogP contribution in [0.3, 0.4) is 0 Å². The molecule has 2 rings (SSSR count). The highest BCUT2D eigenvalue weighted by molar-refractivity contribution is 5.82. The van der Waals surface area contributed by atoms with E-state index in [0.717, 1.165) is 58.8 Å². The molecule has 92 valence electrons. The Hall–Kier alpha value is -0.650. The van der Waals surface area contributed by atoms with Gasteiger partial charge in [-0.15, -0.1) is 0 Å². The van der Waals surface area contributed by atoms with Crippen LogP contribution < -0.4 is 5.73 Å². The van der Waals surface area contributed by atoms with Gasteiger partial charge in [0.25, 0.3) is 0 Å². The van der Waals surface area contributed by atoms with Gasteiger partial charge in [-0.2, -0.15) is 0 Å². The molecule has 1 unspecified atom stereocenters. The molecule has 2 N–H and O–H groups in total. The van der Waals surface area contributed by atoms with Crippen molar-refractivity contribution in [2.75, 3.05) is 45.9 Å². The Bertz CT molecular complexity index is 241. The molecule has 2 fully saturated rings. The molecule has 0 aliphatic carbocycles. The van der Waals surface area contributed by atoms with Crippen molar-refractivity contribution in [2.45, 2.75) is 18.9 Å². The quantitative estimate of drug-likeness (QED) is 0.690. The number of nitrogens with two attached hydrogens (primary N) is 1. The first-order valence-electron chi connectivity index (χ1n) is 6.12. The first-order valence-corrected chi connectivity index (χ1v) is 6.12. The highest BCUT2D eigenvalue weighted by atomic mass is 16.5. The second-order valence-corrected chi connectivity index (χ2v) is 4.53. The maximum Gasteiger partial charge on any atom is 0.239 e. The summed E-state index contributed by atoms with van der Waals surface area (Å²) in [6.07, 6.45) is 1.88. The summed E-state index contributed by atoms with van der Waals surface area (Å²) >= 11 is 0. The van der Waals surface area contributed by atoms with E-state index in [1.165, 1.54) is 0 Å². The lowest BCUT2D eigenvalue weighted by atomic mass is 10.1. The number of carbonyl (C=O) groups excluding carboxylic acids is 1. The lowest BCUT2D eigenvalue weighted by molar-refractivity contribution is -0.135. The third-order valence-electron chi connectivity index (χ3n) is 3.36. The molecule has 5 nitrogen and oxygen atoms in total. The highest BCUT2D eigenvalue weighted by Crippen LogP contribution is 2.09. The average Bonchev–Trinajstić information content (AvgIpc) is 2.32. The molecular formula is C11H21N3O2. The fourth-order valence-corrected chi connectivity index (χ4v) is 2.28. The van der Waals surface area contributed by atoms with Crippen LogP contribution in [0.15, 0.2) is 0 Å². The van der Waals surface area contributed by atoms with Gasteiger partial charge in [-0.3, -0.25) is 9.69 Å². The number of nitrogens with zero attached hydrogens (tertiary/aromatic N) is 2. The minimum atomic E-state index is -0.265. The number of carbonyl (C=O) groups is 1. The van der Waals surface area contributed by atoms with E-state index < -0.39 is 0 Å². The zero-order valence-electron chi connectivity index (χ0n) is 9.73. The molecule has 0 spiro atoms. The first kappa shape index (κ1) is 11.8. The smallest absolute Gasteiger partial charge is 0.239 e. The third kappa shape index (κ3) is 2.93. The summed E-state index contributed by atoms with van der Waals surface area (Å²) in [4.78, 5) is 16.0. The molecule has 2 saturated heterocycles. The van der Waals surface area contributed by atoms with Crippen LogP contribution in [-0.4, -0.2) is 67.7 Å². The van der Waals surface area contributed by atoms with Gasteiger partial charge in [0, 0.05) is 32.7 Å². The summed E-state index contributed by atoms with van der Waals surface area (Å²) in [5.74, 6) is 0.125. The molecule has 0 bridgehead atoms. The van der Waals surface area contributed by atoms with Crippen LogP contribution in [-0.2, 0) is 9.53 Å². The van der Waals surface area contributed by atoms with Gasteiger partial charge < -0.3 is 15.4 Å². The van der Waals surface area contributed by atoms with E-state index in [1.807, 2.05) is 4.90 Å². The number of rotatable bonds is 3. The van der Waals surface area contributed by atoms with Crippen LogP contribution in [0.5, 0.6) is 0 Å². The van der Waals surface area contributed by atoms with Gasteiger partial charge in [0.05, 0.1) is 19.3 Å². The van der Waals surface area contributed by atoms with E-state index in [9.17, 15) is 4.79 Å². The number of piperidine rings is 1. The minimum absolute atomic E-state index is 0.125. The van der Waals surface area contributed by atoms with Crippen molar-refractivity contribution < 1.29 is 9.53 Å². The molecule has 1 atom stereocenters. The number of amides is 1. The summed E-state index contributed by atoms with van der Waals surface area (Å²) in [5.41, 5.74) is 5.75. The second kappa shape index (κ2) is 5.61. The maximum atomic E-state index is 11.8. The molecule has 0 saturated carbocycles. The van der Waals surface area contributed by atoms with Gasteiger partial charge in [-0.05, 0) is 12.8 Å². The Labute approximate surface area is 96.5 Å².